The number of carbonyl (C=O) groups excluding carboxylic acids is 3. The molecule has 1 spiro atoms. The number of imide groups is 1. The summed E-state index contributed by atoms with van der Waals surface area (Å²) in [4.78, 5) is 48.7. The van der Waals surface area contributed by atoms with Crippen molar-refractivity contribution in [2.45, 2.75) is 55.8 Å². The Morgan fingerprint density at radius 2 is 1.94 bits per heavy atom. The first kappa shape index (κ1) is 23.1. The Kier molecular flexibility index (Phi) is 5.21. The molecule has 0 radical (unpaired) electrons. The molecule has 3 amide bonds. The van der Waals surface area contributed by atoms with Crippen LogP contribution in [0.15, 0.2) is 34.3 Å². The standard InChI is InChI=1S/C22H28N8O5/c1-2-11-4-3-5-12(8-11)18(33)26-14-10-30-20(24)25-13(9-29-15(31)6-7-16(29)32)17-21(30,22(14,34)35)28-19(23)27-17/h3-5,8,13-14,17,34-35H,2,6-7,9-10H2,1H3,(H2,24,25)(H,26,33)(H3,23,27,28)/t13-,14?,17?,21?/m0/s1. The lowest BCUT2D eigenvalue weighted by Gasteiger charge is -2.49. The molecule has 4 aliphatic rings. The molecule has 2 fully saturated rings. The highest BCUT2D eigenvalue weighted by Gasteiger charge is 2.73. The molecule has 186 valence electrons. The van der Waals surface area contributed by atoms with Crippen molar-refractivity contribution < 1.29 is 24.6 Å². The zero-order valence-corrected chi connectivity index (χ0v) is 19.1. The molecule has 8 N–H and O–H groups in total. The Morgan fingerprint density at radius 1 is 1.23 bits per heavy atom. The van der Waals surface area contributed by atoms with E-state index in [4.69, 9.17) is 11.5 Å². The molecule has 4 atom stereocenters. The second-order valence-corrected chi connectivity index (χ2v) is 9.22. The van der Waals surface area contributed by atoms with E-state index in [1.807, 2.05) is 13.0 Å². The number of rotatable bonds is 5. The van der Waals surface area contributed by atoms with Gasteiger partial charge in [0.05, 0.1) is 12.6 Å². The van der Waals surface area contributed by atoms with E-state index in [1.165, 1.54) is 4.90 Å². The van der Waals surface area contributed by atoms with Crippen molar-refractivity contribution in [2.75, 3.05) is 13.1 Å². The number of amides is 3. The predicted molar refractivity (Wildman–Crippen MR) is 124 cm³/mol. The van der Waals surface area contributed by atoms with Crippen molar-refractivity contribution in [3.8, 4) is 0 Å². The highest BCUT2D eigenvalue weighted by Crippen LogP contribution is 2.45. The smallest absolute Gasteiger partial charge is 0.251 e. The maximum absolute atomic E-state index is 13.0. The number of benzene rings is 1. The van der Waals surface area contributed by atoms with Gasteiger partial charge in [-0.25, -0.2) is 9.98 Å². The zero-order valence-electron chi connectivity index (χ0n) is 19.1. The van der Waals surface area contributed by atoms with Gasteiger partial charge in [0.1, 0.15) is 12.1 Å². The van der Waals surface area contributed by atoms with E-state index in [0.29, 0.717) is 5.56 Å². The molecule has 5 rings (SSSR count). The third kappa shape index (κ3) is 3.33. The summed E-state index contributed by atoms with van der Waals surface area (Å²) in [6, 6.07) is 3.96. The molecule has 0 saturated carbocycles. The Hall–Kier alpha value is -3.71. The van der Waals surface area contributed by atoms with E-state index < -0.39 is 35.5 Å². The number of guanidine groups is 2. The summed E-state index contributed by atoms with van der Waals surface area (Å²) < 4.78 is 0. The lowest BCUT2D eigenvalue weighted by Crippen LogP contribution is -2.78. The number of hydrogen-bond acceptors (Lipinski definition) is 11. The van der Waals surface area contributed by atoms with E-state index in [0.717, 1.165) is 16.9 Å². The van der Waals surface area contributed by atoms with Crippen molar-refractivity contribution >= 4 is 29.6 Å². The molecule has 4 aliphatic heterocycles. The molecular formula is C22H28N8O5. The maximum Gasteiger partial charge on any atom is 0.251 e. The van der Waals surface area contributed by atoms with Crippen molar-refractivity contribution in [1.29, 1.82) is 0 Å². The highest BCUT2D eigenvalue weighted by molar-refractivity contribution is 6.02. The number of carbonyl (C=O) groups is 3. The van der Waals surface area contributed by atoms with Crippen LogP contribution in [0.25, 0.3) is 0 Å². The van der Waals surface area contributed by atoms with E-state index in [-0.39, 0.29) is 49.7 Å². The van der Waals surface area contributed by atoms with Gasteiger partial charge in [0, 0.05) is 24.9 Å². The molecule has 1 aromatic rings. The number of hydrogen-bond donors (Lipinski definition) is 6. The van der Waals surface area contributed by atoms with E-state index in [2.05, 4.69) is 20.6 Å². The van der Waals surface area contributed by atoms with Crippen LogP contribution in [0.3, 0.4) is 0 Å². The number of likely N-dealkylation sites (tertiary alicyclic amines) is 1. The van der Waals surface area contributed by atoms with Gasteiger partial charge in [-0.3, -0.25) is 19.3 Å². The van der Waals surface area contributed by atoms with Crippen LogP contribution in [0, 0.1) is 0 Å². The number of aliphatic imine (C=N–C) groups is 2. The first-order valence-corrected chi connectivity index (χ1v) is 11.5. The van der Waals surface area contributed by atoms with Gasteiger partial charge in [0.25, 0.3) is 5.91 Å². The predicted octanol–water partition coefficient (Wildman–Crippen LogP) is -2.83. The summed E-state index contributed by atoms with van der Waals surface area (Å²) in [5, 5.41) is 28.5. The van der Waals surface area contributed by atoms with Gasteiger partial charge < -0.3 is 37.2 Å². The van der Waals surface area contributed by atoms with E-state index in [1.54, 1.807) is 18.2 Å². The minimum Gasteiger partial charge on any atom is -0.370 e. The fourth-order valence-electron chi connectivity index (χ4n) is 5.42. The quantitative estimate of drug-likeness (QED) is 0.188. The monoisotopic (exact) mass is 484 g/mol. The van der Waals surface area contributed by atoms with E-state index >= 15 is 0 Å². The van der Waals surface area contributed by atoms with Crippen molar-refractivity contribution in [3.63, 3.8) is 0 Å². The molecule has 35 heavy (non-hydrogen) atoms. The Morgan fingerprint density at radius 3 is 2.63 bits per heavy atom. The normalized spacial score (nSPS) is 31.0. The van der Waals surface area contributed by atoms with Gasteiger partial charge in [-0.2, -0.15) is 0 Å². The molecule has 4 heterocycles. The number of aliphatic hydroxyl groups is 2. The molecule has 2 saturated heterocycles. The fourth-order valence-corrected chi connectivity index (χ4v) is 5.42. The minimum atomic E-state index is -2.60. The Labute approximate surface area is 200 Å². The number of aryl methyl sites for hydroxylation is 1. The van der Waals surface area contributed by atoms with Crippen LogP contribution in [0.5, 0.6) is 0 Å². The summed E-state index contributed by atoms with van der Waals surface area (Å²) in [6.45, 7) is 1.74. The molecule has 3 unspecified atom stereocenters. The zero-order chi connectivity index (χ0) is 25.1. The minimum absolute atomic E-state index is 0.0556. The maximum atomic E-state index is 13.0. The van der Waals surface area contributed by atoms with Gasteiger partial charge in [-0.05, 0) is 24.1 Å². The summed E-state index contributed by atoms with van der Waals surface area (Å²) in [7, 11) is 0. The van der Waals surface area contributed by atoms with Gasteiger partial charge in [0.2, 0.25) is 17.6 Å². The van der Waals surface area contributed by atoms with Crippen LogP contribution in [0.2, 0.25) is 0 Å². The third-order valence-corrected chi connectivity index (χ3v) is 7.23. The van der Waals surface area contributed by atoms with Gasteiger partial charge in [0.15, 0.2) is 17.6 Å². The van der Waals surface area contributed by atoms with Gasteiger partial charge >= 0.3 is 0 Å². The largest absolute Gasteiger partial charge is 0.370 e. The molecular weight excluding hydrogens is 456 g/mol. The Bertz CT molecular complexity index is 1150. The summed E-state index contributed by atoms with van der Waals surface area (Å²) >= 11 is 0. The van der Waals surface area contributed by atoms with Crippen molar-refractivity contribution in [3.05, 3.63) is 35.4 Å². The lowest BCUT2D eigenvalue weighted by atomic mass is 9.84. The van der Waals surface area contributed by atoms with Crippen LogP contribution in [-0.4, -0.2) is 92.3 Å². The molecule has 0 aliphatic carbocycles. The fraction of sp³-hybridized carbons (Fsp3) is 0.500. The van der Waals surface area contributed by atoms with E-state index in [9.17, 15) is 24.6 Å². The highest BCUT2D eigenvalue weighted by atomic mass is 16.5. The van der Waals surface area contributed by atoms with Crippen LogP contribution in [0.4, 0.5) is 0 Å². The molecule has 0 bridgehead atoms. The Balaban J connectivity index is 1.46. The summed E-state index contributed by atoms with van der Waals surface area (Å²) in [6.07, 6.45) is 0.950. The molecule has 0 aromatic heterocycles. The molecule has 13 nitrogen and oxygen atoms in total. The first-order chi connectivity index (χ1) is 16.6. The van der Waals surface area contributed by atoms with Gasteiger partial charge in [-0.15, -0.1) is 0 Å². The third-order valence-electron chi connectivity index (χ3n) is 7.23. The van der Waals surface area contributed by atoms with Crippen LogP contribution < -0.4 is 22.1 Å². The summed E-state index contributed by atoms with van der Waals surface area (Å²) in [5.41, 5.74) is 11.8. The van der Waals surface area contributed by atoms with Crippen LogP contribution in [0.1, 0.15) is 35.7 Å². The molecule has 1 aromatic carbocycles. The number of nitrogens with zero attached hydrogens (tertiary/aromatic N) is 4. The van der Waals surface area contributed by atoms with Crippen molar-refractivity contribution in [2.24, 2.45) is 21.5 Å². The second kappa shape index (κ2) is 7.92. The average Bonchev–Trinajstić information content (AvgIpc) is 3.42. The lowest BCUT2D eigenvalue weighted by molar-refractivity contribution is -0.230. The van der Waals surface area contributed by atoms with Crippen LogP contribution in [-0.2, 0) is 16.0 Å². The number of nitrogens with two attached hydrogens (primary N) is 2. The second-order valence-electron chi connectivity index (χ2n) is 9.22. The first-order valence-electron chi connectivity index (χ1n) is 11.5. The SMILES string of the molecule is CCc1cccc(C(=O)NC2CN3C(N)=N[C@@H](CN4C(=O)CCC4=O)C4N=C(N)NC43C2(O)O)c1. The summed E-state index contributed by atoms with van der Waals surface area (Å²) in [5.74, 6) is -3.90. The average molecular weight is 485 g/mol. The topological polar surface area (TPSA) is 199 Å². The van der Waals surface area contributed by atoms with Gasteiger partial charge in [-0.1, -0.05) is 19.1 Å². The molecule has 13 heteroatoms. The van der Waals surface area contributed by atoms with Crippen LogP contribution >= 0.6 is 0 Å². The van der Waals surface area contributed by atoms with Crippen molar-refractivity contribution in [1.82, 2.24) is 20.4 Å². The number of nitrogens with one attached hydrogen (secondary N) is 2.